The third-order valence-corrected chi connectivity index (χ3v) is 5.77. The van der Waals surface area contributed by atoms with Crippen molar-refractivity contribution in [2.45, 2.75) is 27.2 Å². The van der Waals surface area contributed by atoms with Crippen LogP contribution in [0.1, 0.15) is 31.9 Å². The molecule has 0 atom stereocenters. The summed E-state index contributed by atoms with van der Waals surface area (Å²) in [5.41, 5.74) is 6.33. The maximum atomic E-state index is 12.7. The summed E-state index contributed by atoms with van der Waals surface area (Å²) in [6.07, 6.45) is 4.30. The van der Waals surface area contributed by atoms with E-state index in [9.17, 15) is 4.79 Å². The van der Waals surface area contributed by atoms with Crippen LogP contribution in [0.15, 0.2) is 77.4 Å². The largest absolute Gasteiger partial charge is 0.496 e. The summed E-state index contributed by atoms with van der Waals surface area (Å²) in [6, 6.07) is 19.7. The average Bonchev–Trinajstić information content (AvgIpc) is 3.27. The van der Waals surface area contributed by atoms with Crippen LogP contribution in [0.5, 0.6) is 11.5 Å². The van der Waals surface area contributed by atoms with Gasteiger partial charge in [-0.05, 0) is 67.3 Å². The van der Waals surface area contributed by atoms with Crippen molar-refractivity contribution in [3.05, 3.63) is 84.1 Å². The molecule has 0 fully saturated rings. The third kappa shape index (κ3) is 4.99. The van der Waals surface area contributed by atoms with Crippen LogP contribution in [0, 0.1) is 0 Å². The maximum Gasteiger partial charge on any atom is 0.248 e. The fourth-order valence-electron chi connectivity index (χ4n) is 3.93. The molecular formula is C29H29NO4. The minimum Gasteiger partial charge on any atom is -0.496 e. The molecule has 1 heterocycles. The number of carbonyl (C=O) groups is 1. The quantitative estimate of drug-likeness (QED) is 0.288. The Labute approximate surface area is 200 Å². The molecule has 0 unspecified atom stereocenters. The summed E-state index contributed by atoms with van der Waals surface area (Å²) in [5, 5.41) is 3.88. The fourth-order valence-corrected chi connectivity index (χ4v) is 3.93. The van der Waals surface area contributed by atoms with Gasteiger partial charge in [-0.25, -0.2) is 0 Å². The fraction of sp³-hybridized carbons (Fsp3) is 0.207. The maximum absolute atomic E-state index is 12.7. The Kier molecular flexibility index (Phi) is 7.02. The van der Waals surface area contributed by atoms with Gasteiger partial charge in [-0.15, -0.1) is 0 Å². The highest BCUT2D eigenvalue weighted by atomic mass is 16.5. The minimum atomic E-state index is -0.192. The van der Waals surface area contributed by atoms with Crippen molar-refractivity contribution in [3.8, 4) is 22.6 Å². The number of rotatable bonds is 8. The van der Waals surface area contributed by atoms with Gasteiger partial charge in [-0.1, -0.05) is 31.2 Å². The van der Waals surface area contributed by atoms with E-state index < -0.39 is 0 Å². The smallest absolute Gasteiger partial charge is 0.248 e. The predicted octanol–water partition coefficient (Wildman–Crippen LogP) is 7.11. The van der Waals surface area contributed by atoms with Gasteiger partial charge in [-0.2, -0.15) is 0 Å². The predicted molar refractivity (Wildman–Crippen MR) is 137 cm³/mol. The van der Waals surface area contributed by atoms with E-state index in [1.807, 2.05) is 74.5 Å². The van der Waals surface area contributed by atoms with E-state index in [2.05, 4.69) is 12.2 Å². The molecule has 174 valence electrons. The number of anilines is 1. The standard InChI is InChI=1S/C29H29NO4/c1-5-20-7-11-22(12-8-20)30-29(31)15-19(3)24-16-25-26(18-34-28(25)17-27(24)32-4)21-9-13-23(14-10-21)33-6-2/h7-18H,5-6H2,1-4H3,(H,30,31)/b19-15+. The number of ether oxygens (including phenoxy) is 2. The second kappa shape index (κ2) is 10.3. The summed E-state index contributed by atoms with van der Waals surface area (Å²) >= 11 is 0. The first-order valence-corrected chi connectivity index (χ1v) is 11.4. The first kappa shape index (κ1) is 23.2. The molecule has 34 heavy (non-hydrogen) atoms. The number of amides is 1. The molecule has 0 bridgehead atoms. The van der Waals surface area contributed by atoms with E-state index in [-0.39, 0.29) is 5.91 Å². The van der Waals surface area contributed by atoms with Crippen molar-refractivity contribution in [2.75, 3.05) is 19.0 Å². The first-order valence-electron chi connectivity index (χ1n) is 11.4. The van der Waals surface area contributed by atoms with Gasteiger partial charge < -0.3 is 19.2 Å². The number of hydrogen-bond acceptors (Lipinski definition) is 4. The summed E-state index contributed by atoms with van der Waals surface area (Å²) in [5.74, 6) is 1.28. The van der Waals surface area contributed by atoms with Gasteiger partial charge in [0, 0.05) is 34.3 Å². The van der Waals surface area contributed by atoms with Crippen LogP contribution in [0.2, 0.25) is 0 Å². The normalized spacial score (nSPS) is 11.5. The summed E-state index contributed by atoms with van der Waals surface area (Å²) in [6.45, 7) is 6.59. The SMILES string of the molecule is CCOc1ccc(-c2coc3cc(OC)c(/C(C)=C/C(=O)Nc4ccc(CC)cc4)cc23)cc1. The molecule has 0 saturated heterocycles. The molecule has 1 amide bonds. The second-order valence-corrected chi connectivity index (χ2v) is 8.02. The molecule has 1 N–H and O–H groups in total. The van der Waals surface area contributed by atoms with Crippen LogP contribution in [0.25, 0.3) is 27.7 Å². The first-order chi connectivity index (χ1) is 16.5. The molecule has 1 aromatic heterocycles. The van der Waals surface area contributed by atoms with E-state index in [1.165, 1.54) is 5.56 Å². The van der Waals surface area contributed by atoms with Crippen molar-refractivity contribution in [1.82, 2.24) is 0 Å². The molecule has 0 spiro atoms. The van der Waals surface area contributed by atoms with Crippen molar-refractivity contribution >= 4 is 28.1 Å². The van der Waals surface area contributed by atoms with E-state index in [0.29, 0.717) is 12.4 Å². The zero-order chi connectivity index (χ0) is 24.1. The zero-order valence-electron chi connectivity index (χ0n) is 20.0. The van der Waals surface area contributed by atoms with E-state index >= 15 is 0 Å². The highest BCUT2D eigenvalue weighted by molar-refractivity contribution is 6.05. The molecule has 4 rings (SSSR count). The van der Waals surface area contributed by atoms with E-state index in [1.54, 1.807) is 19.4 Å². The lowest BCUT2D eigenvalue weighted by Crippen LogP contribution is -2.08. The molecule has 3 aromatic carbocycles. The second-order valence-electron chi connectivity index (χ2n) is 8.02. The van der Waals surface area contributed by atoms with Gasteiger partial charge in [-0.3, -0.25) is 4.79 Å². The Morgan fingerprint density at radius 3 is 2.41 bits per heavy atom. The Morgan fingerprint density at radius 2 is 1.76 bits per heavy atom. The molecule has 0 aliphatic heterocycles. The summed E-state index contributed by atoms with van der Waals surface area (Å²) in [4.78, 5) is 12.7. The number of carbonyl (C=O) groups excluding carboxylic acids is 1. The van der Waals surface area contributed by atoms with Gasteiger partial charge in [0.2, 0.25) is 5.91 Å². The number of allylic oxidation sites excluding steroid dienone is 1. The van der Waals surface area contributed by atoms with Crippen molar-refractivity contribution in [1.29, 1.82) is 0 Å². The van der Waals surface area contributed by atoms with Gasteiger partial charge in [0.15, 0.2) is 0 Å². The van der Waals surface area contributed by atoms with Crippen molar-refractivity contribution in [2.24, 2.45) is 0 Å². The van der Waals surface area contributed by atoms with Gasteiger partial charge in [0.05, 0.1) is 20.0 Å². The number of methoxy groups -OCH3 is 1. The highest BCUT2D eigenvalue weighted by Crippen LogP contribution is 2.37. The lowest BCUT2D eigenvalue weighted by Gasteiger charge is -2.10. The number of nitrogens with one attached hydrogen (secondary N) is 1. The molecule has 4 aromatic rings. The van der Waals surface area contributed by atoms with Crippen LogP contribution in [0.4, 0.5) is 5.69 Å². The van der Waals surface area contributed by atoms with Crippen LogP contribution >= 0.6 is 0 Å². The van der Waals surface area contributed by atoms with Gasteiger partial charge >= 0.3 is 0 Å². The molecular weight excluding hydrogens is 426 g/mol. The Hall–Kier alpha value is -3.99. The Bertz CT molecular complexity index is 1320. The van der Waals surface area contributed by atoms with Crippen molar-refractivity contribution < 1.29 is 18.7 Å². The third-order valence-electron chi connectivity index (χ3n) is 5.77. The molecule has 0 aliphatic carbocycles. The monoisotopic (exact) mass is 455 g/mol. The van der Waals surface area contributed by atoms with Crippen LogP contribution in [-0.2, 0) is 11.2 Å². The number of benzene rings is 3. The van der Waals surface area contributed by atoms with Crippen molar-refractivity contribution in [3.63, 3.8) is 0 Å². The topological polar surface area (TPSA) is 60.7 Å². The average molecular weight is 456 g/mol. The molecule has 0 aliphatic rings. The Morgan fingerprint density at radius 1 is 1.03 bits per heavy atom. The number of hydrogen-bond donors (Lipinski definition) is 1. The highest BCUT2D eigenvalue weighted by Gasteiger charge is 2.15. The number of fused-ring (bicyclic) bond motifs is 1. The van der Waals surface area contributed by atoms with Gasteiger partial charge in [0.25, 0.3) is 0 Å². The molecule has 5 heteroatoms. The van der Waals surface area contributed by atoms with E-state index in [4.69, 9.17) is 13.9 Å². The van der Waals surface area contributed by atoms with E-state index in [0.717, 1.165) is 51.1 Å². The lowest BCUT2D eigenvalue weighted by molar-refractivity contribution is -0.111. The number of furan rings is 1. The van der Waals surface area contributed by atoms with Crippen LogP contribution in [0.3, 0.4) is 0 Å². The van der Waals surface area contributed by atoms with Gasteiger partial charge in [0.1, 0.15) is 17.1 Å². The Balaban J connectivity index is 1.65. The van der Waals surface area contributed by atoms with Crippen LogP contribution in [-0.4, -0.2) is 19.6 Å². The molecule has 0 saturated carbocycles. The summed E-state index contributed by atoms with van der Waals surface area (Å²) < 4.78 is 17.0. The van der Waals surface area contributed by atoms with Crippen LogP contribution < -0.4 is 14.8 Å². The molecule has 5 nitrogen and oxygen atoms in total. The minimum absolute atomic E-state index is 0.192. The number of aryl methyl sites for hydroxylation is 1. The molecule has 0 radical (unpaired) electrons. The summed E-state index contributed by atoms with van der Waals surface area (Å²) in [7, 11) is 1.61. The zero-order valence-corrected chi connectivity index (χ0v) is 20.0. The lowest BCUT2D eigenvalue weighted by atomic mass is 9.99.